The van der Waals surface area contributed by atoms with E-state index in [9.17, 15) is 0 Å². The first-order valence-corrected chi connectivity index (χ1v) is 7.55. The zero-order valence-electron chi connectivity index (χ0n) is 9.02. The predicted octanol–water partition coefficient (Wildman–Crippen LogP) is 1.48. The minimum absolute atomic E-state index is 0.853. The van der Waals surface area contributed by atoms with Gasteiger partial charge in [0.15, 0.2) is 0 Å². The van der Waals surface area contributed by atoms with Gasteiger partial charge in [-0.15, -0.1) is 0 Å². The summed E-state index contributed by atoms with van der Waals surface area (Å²) in [5, 5.41) is 0. The Morgan fingerprint density at radius 3 is 1.08 bits per heavy atom. The van der Waals surface area contributed by atoms with Crippen LogP contribution < -0.4 is 5.73 Å². The molecule has 76 valence electrons. The first kappa shape index (κ1) is 22.5. The van der Waals surface area contributed by atoms with Crippen LogP contribution in [0, 0.1) is 0 Å². The van der Waals surface area contributed by atoms with E-state index < -0.39 is 8.07 Å². The van der Waals surface area contributed by atoms with Crippen LogP contribution in [-0.2, 0) is 9.59 Å². The fourth-order valence-electron chi connectivity index (χ4n) is 0. The fourth-order valence-corrected chi connectivity index (χ4v) is 0. The number of carbonyl (C=O) groups is 2. The molecule has 0 aromatic rings. The van der Waals surface area contributed by atoms with Gasteiger partial charge in [-0.05, 0) is 6.17 Å². The zero-order chi connectivity index (χ0) is 11.2. The molecule has 0 aromatic carbocycles. The van der Waals surface area contributed by atoms with E-state index in [2.05, 4.69) is 19.6 Å². The number of hydrogen-bond donors (Lipinski definition) is 1. The topological polar surface area (TPSA) is 60.2 Å². The monoisotopic (exact) mass is 193 g/mol. The lowest BCUT2D eigenvalue weighted by atomic mass is 11.0. The lowest BCUT2D eigenvalue weighted by Gasteiger charge is -2.09. The quantitative estimate of drug-likeness (QED) is 0.642. The van der Waals surface area contributed by atoms with Crippen LogP contribution in [0.25, 0.3) is 0 Å². The fraction of sp³-hybridized carbons (Fsp3) is 0.750. The highest BCUT2D eigenvalue weighted by Crippen LogP contribution is 1.93. The van der Waals surface area contributed by atoms with Gasteiger partial charge in [0.05, 0.1) is 8.07 Å². The molecule has 0 heterocycles. The van der Waals surface area contributed by atoms with Crippen LogP contribution in [0.2, 0.25) is 19.6 Å². The Kier molecular flexibility index (Phi) is 42.1. The number of nitrogens with two attached hydrogens (primary N) is 1. The van der Waals surface area contributed by atoms with Crippen molar-refractivity contribution in [3.05, 3.63) is 0 Å². The molecule has 0 saturated carbocycles. The van der Waals surface area contributed by atoms with E-state index in [4.69, 9.17) is 15.3 Å². The molecule has 0 atom stereocenters. The summed E-state index contributed by atoms with van der Waals surface area (Å²) in [7, 11) is -0.853. The van der Waals surface area contributed by atoms with Gasteiger partial charge in [0.2, 0.25) is 0 Å². The Morgan fingerprint density at radius 1 is 1.00 bits per heavy atom. The smallest absolute Gasteiger partial charge is 0.106 e. The summed E-state index contributed by atoms with van der Waals surface area (Å²) >= 11 is 0. The summed E-state index contributed by atoms with van der Waals surface area (Å²) in [5.41, 5.74) is 5.37. The molecule has 0 bridgehead atoms. The van der Waals surface area contributed by atoms with Crippen LogP contribution in [-0.4, -0.2) is 27.8 Å². The molecule has 0 fully saturated rings. The second-order valence-corrected chi connectivity index (χ2v) is 8.29. The molecule has 2 N–H and O–H groups in total. The molecular formula is C8H23NO2Si. The van der Waals surface area contributed by atoms with Crippen molar-refractivity contribution in [2.75, 3.05) is 6.17 Å². The molecule has 0 aliphatic rings. The van der Waals surface area contributed by atoms with Gasteiger partial charge < -0.3 is 15.3 Å². The molecule has 0 spiro atoms. The maximum absolute atomic E-state index is 8.00. The van der Waals surface area contributed by atoms with Crippen molar-refractivity contribution in [3.8, 4) is 0 Å². The summed E-state index contributed by atoms with van der Waals surface area (Å²) in [6, 6.07) is 0. The Bertz CT molecular complexity index is 62.6. The van der Waals surface area contributed by atoms with Gasteiger partial charge in [-0.25, -0.2) is 0 Å². The van der Waals surface area contributed by atoms with Crippen molar-refractivity contribution in [3.63, 3.8) is 0 Å². The van der Waals surface area contributed by atoms with E-state index in [1.54, 1.807) is 0 Å². The van der Waals surface area contributed by atoms with Crippen LogP contribution in [0.1, 0.15) is 13.8 Å². The highest BCUT2D eigenvalue weighted by Gasteiger charge is 2.07. The van der Waals surface area contributed by atoms with Crippen LogP contribution in [0.4, 0.5) is 0 Å². The first-order chi connectivity index (χ1) is 5.56. The maximum Gasteiger partial charge on any atom is 0.106 e. The molecule has 0 unspecified atom stereocenters. The van der Waals surface area contributed by atoms with E-state index in [0.29, 0.717) is 0 Å². The first-order valence-electron chi connectivity index (χ1n) is 3.84. The molecule has 0 amide bonds. The molecule has 0 rings (SSSR count). The number of rotatable bonds is 1. The van der Waals surface area contributed by atoms with Crippen molar-refractivity contribution in [1.82, 2.24) is 0 Å². The molecule has 0 aliphatic carbocycles. The summed E-state index contributed by atoms with van der Waals surface area (Å²) < 4.78 is 0. The van der Waals surface area contributed by atoms with Gasteiger partial charge in [0, 0.05) is 0 Å². The summed E-state index contributed by atoms with van der Waals surface area (Å²) in [4.78, 5) is 16.0. The lowest BCUT2D eigenvalue weighted by Crippen LogP contribution is -2.31. The number of carbonyl (C=O) groups excluding carboxylic acids is 2. The highest BCUT2D eigenvalue weighted by atomic mass is 28.3. The summed E-state index contributed by atoms with van der Waals surface area (Å²) in [6.45, 7) is 14.8. The standard InChI is InChI=1S/C4H13NSi.C2H6.2CH2O/c1-6(2,3)4-5;3*1-2/h4-5H2,1-3H3;1-2H3;2*1H2. The third kappa shape index (κ3) is 109. The van der Waals surface area contributed by atoms with Crippen molar-refractivity contribution in [2.24, 2.45) is 5.73 Å². The molecule has 4 heteroatoms. The minimum Gasteiger partial charge on any atom is -0.333 e. The second-order valence-electron chi connectivity index (χ2n) is 2.76. The highest BCUT2D eigenvalue weighted by molar-refractivity contribution is 6.76. The molecule has 12 heavy (non-hydrogen) atoms. The molecule has 0 saturated heterocycles. The van der Waals surface area contributed by atoms with E-state index in [1.165, 1.54) is 0 Å². The second kappa shape index (κ2) is 22.4. The van der Waals surface area contributed by atoms with Crippen LogP contribution >= 0.6 is 0 Å². The number of hydrogen-bond acceptors (Lipinski definition) is 3. The average Bonchev–Trinajstić information content (AvgIpc) is 2.14. The predicted molar refractivity (Wildman–Crippen MR) is 58.0 cm³/mol. The van der Waals surface area contributed by atoms with E-state index >= 15 is 0 Å². The molecule has 0 aromatic heterocycles. The molecular weight excluding hydrogens is 170 g/mol. The van der Waals surface area contributed by atoms with Gasteiger partial charge in [0.1, 0.15) is 13.6 Å². The third-order valence-corrected chi connectivity index (χ3v) is 1.84. The van der Waals surface area contributed by atoms with Crippen molar-refractivity contribution >= 4 is 21.7 Å². The molecule has 0 radical (unpaired) electrons. The molecule has 0 aliphatic heterocycles. The van der Waals surface area contributed by atoms with Crippen molar-refractivity contribution < 1.29 is 9.59 Å². The Labute approximate surface area is 77.4 Å². The van der Waals surface area contributed by atoms with Gasteiger partial charge in [0.25, 0.3) is 0 Å². The van der Waals surface area contributed by atoms with Gasteiger partial charge in [-0.3, -0.25) is 0 Å². The maximum atomic E-state index is 8.00. The minimum atomic E-state index is -0.853. The van der Waals surface area contributed by atoms with E-state index in [1.807, 2.05) is 27.4 Å². The van der Waals surface area contributed by atoms with Crippen LogP contribution in [0.3, 0.4) is 0 Å². The van der Waals surface area contributed by atoms with Crippen molar-refractivity contribution in [1.29, 1.82) is 0 Å². The van der Waals surface area contributed by atoms with Gasteiger partial charge in [-0.2, -0.15) is 0 Å². The third-order valence-electron chi connectivity index (χ3n) is 0.612. The largest absolute Gasteiger partial charge is 0.333 e. The van der Waals surface area contributed by atoms with Gasteiger partial charge in [-0.1, -0.05) is 33.5 Å². The Hall–Kier alpha value is -0.483. The van der Waals surface area contributed by atoms with Gasteiger partial charge >= 0.3 is 0 Å². The zero-order valence-corrected chi connectivity index (χ0v) is 10.0. The van der Waals surface area contributed by atoms with Crippen molar-refractivity contribution in [2.45, 2.75) is 33.5 Å². The van der Waals surface area contributed by atoms with E-state index in [-0.39, 0.29) is 0 Å². The van der Waals surface area contributed by atoms with Crippen LogP contribution in [0.15, 0.2) is 0 Å². The van der Waals surface area contributed by atoms with Crippen LogP contribution in [0.5, 0.6) is 0 Å². The van der Waals surface area contributed by atoms with E-state index in [0.717, 1.165) is 6.17 Å². The average molecular weight is 193 g/mol. The Morgan fingerprint density at radius 2 is 1.08 bits per heavy atom. The summed E-state index contributed by atoms with van der Waals surface area (Å²) in [5.74, 6) is 0. The SMILES string of the molecule is C=O.C=O.CC.C[Si](C)(C)CN. The summed E-state index contributed by atoms with van der Waals surface area (Å²) in [6.07, 6.45) is 0.910. The Balaban J connectivity index is -0.0000000453. The lowest BCUT2D eigenvalue weighted by molar-refractivity contribution is -0.0987. The normalized spacial score (nSPS) is 7.17. The molecule has 3 nitrogen and oxygen atoms in total.